The molecule has 0 bridgehead atoms. The van der Waals surface area contributed by atoms with E-state index in [0.717, 1.165) is 18.5 Å². The molecule has 0 aliphatic heterocycles. The van der Waals surface area contributed by atoms with Crippen molar-refractivity contribution in [2.24, 2.45) is 5.92 Å². The third-order valence-corrected chi connectivity index (χ3v) is 5.69. The fraction of sp³-hybridized carbons (Fsp3) is 0.222. The van der Waals surface area contributed by atoms with Crippen LogP contribution >= 0.6 is 0 Å². The number of hydrogen-bond acceptors (Lipinski definition) is 3. The smallest absolute Gasteiger partial charge is 0.314 e. The van der Waals surface area contributed by atoms with Crippen LogP contribution < -0.4 is 9.64 Å². The number of anilines is 1. The molecule has 1 aliphatic carbocycles. The Labute approximate surface area is 178 Å². The molecule has 0 spiro atoms. The molecule has 3 aromatic carbocycles. The van der Waals surface area contributed by atoms with Gasteiger partial charge in [-0.05, 0) is 53.7 Å². The summed E-state index contributed by atoms with van der Waals surface area (Å²) >= 11 is 0. The number of ether oxygens (including phenoxy) is 1. The average Bonchev–Trinajstić information content (AvgIpc) is 2.80. The van der Waals surface area contributed by atoms with Crippen LogP contribution in [0.15, 0.2) is 84.9 Å². The molecule has 3 aromatic rings. The lowest BCUT2D eigenvalue weighted by Crippen LogP contribution is -2.24. The first-order valence-corrected chi connectivity index (χ1v) is 10.4. The summed E-state index contributed by atoms with van der Waals surface area (Å²) in [5.41, 5.74) is 6.02. The van der Waals surface area contributed by atoms with E-state index in [2.05, 4.69) is 48.5 Å². The Morgan fingerprint density at radius 1 is 0.833 bits per heavy atom. The Balaban J connectivity index is 1.59. The quantitative estimate of drug-likeness (QED) is 0.387. The number of carbonyl (C=O) groups is 1. The molecule has 3 heteroatoms. The molecule has 0 aromatic heterocycles. The highest BCUT2D eigenvalue weighted by molar-refractivity contribution is 5.94. The molecule has 0 saturated heterocycles. The van der Waals surface area contributed by atoms with Crippen molar-refractivity contribution in [3.05, 3.63) is 96.1 Å². The third-order valence-electron chi connectivity index (χ3n) is 5.69. The minimum absolute atomic E-state index is 0.143. The Bertz CT molecular complexity index is 1040. The van der Waals surface area contributed by atoms with E-state index in [4.69, 9.17) is 4.74 Å². The van der Waals surface area contributed by atoms with Crippen LogP contribution in [0.5, 0.6) is 5.75 Å². The molecule has 0 amide bonds. The summed E-state index contributed by atoms with van der Waals surface area (Å²) < 4.78 is 5.78. The van der Waals surface area contributed by atoms with Crippen LogP contribution in [-0.2, 0) is 4.79 Å². The molecule has 1 unspecified atom stereocenters. The van der Waals surface area contributed by atoms with Gasteiger partial charge in [-0.2, -0.15) is 0 Å². The first-order valence-electron chi connectivity index (χ1n) is 10.4. The van der Waals surface area contributed by atoms with E-state index in [0.29, 0.717) is 12.2 Å². The van der Waals surface area contributed by atoms with Gasteiger partial charge in [0.1, 0.15) is 5.75 Å². The van der Waals surface area contributed by atoms with Crippen molar-refractivity contribution >= 4 is 22.8 Å². The predicted octanol–water partition coefficient (Wildman–Crippen LogP) is 6.07. The maximum Gasteiger partial charge on any atom is 0.314 e. The van der Waals surface area contributed by atoms with Gasteiger partial charge in [-0.1, -0.05) is 66.7 Å². The summed E-state index contributed by atoms with van der Waals surface area (Å²) in [5.74, 6) is 0.312. The molecule has 3 nitrogen and oxygen atoms in total. The van der Waals surface area contributed by atoms with Crippen molar-refractivity contribution in [3.8, 4) is 5.75 Å². The highest BCUT2D eigenvalue weighted by Gasteiger charge is 2.29. The zero-order chi connectivity index (χ0) is 20.9. The van der Waals surface area contributed by atoms with Gasteiger partial charge in [-0.15, -0.1) is 0 Å². The van der Waals surface area contributed by atoms with E-state index in [-0.39, 0.29) is 11.9 Å². The van der Waals surface area contributed by atoms with Gasteiger partial charge in [0.05, 0.1) is 5.92 Å². The Morgan fingerprint density at radius 3 is 2.10 bits per heavy atom. The van der Waals surface area contributed by atoms with E-state index in [1.54, 1.807) is 0 Å². The highest BCUT2D eigenvalue weighted by atomic mass is 16.5. The van der Waals surface area contributed by atoms with Gasteiger partial charge >= 0.3 is 5.97 Å². The minimum atomic E-state index is -0.147. The van der Waals surface area contributed by atoms with E-state index < -0.39 is 0 Å². The van der Waals surface area contributed by atoms with Crippen molar-refractivity contribution in [3.63, 3.8) is 0 Å². The SMILES string of the molecule is CN(C)c1cccc(OC(=O)C2CCC(c3ccccc3)=C(c3ccccc3)C2)c1. The largest absolute Gasteiger partial charge is 0.426 e. The number of rotatable bonds is 5. The second-order valence-electron chi connectivity index (χ2n) is 7.94. The van der Waals surface area contributed by atoms with E-state index in [1.165, 1.54) is 22.3 Å². The van der Waals surface area contributed by atoms with Crippen LogP contribution in [0.2, 0.25) is 0 Å². The Kier molecular flexibility index (Phi) is 5.99. The lowest BCUT2D eigenvalue weighted by Gasteiger charge is -2.27. The summed E-state index contributed by atoms with van der Waals surface area (Å²) in [7, 11) is 3.95. The highest BCUT2D eigenvalue weighted by Crippen LogP contribution is 2.41. The molecule has 1 atom stereocenters. The molecule has 4 rings (SSSR count). The van der Waals surface area contributed by atoms with Crippen molar-refractivity contribution in [2.75, 3.05) is 19.0 Å². The van der Waals surface area contributed by atoms with E-state index in [1.807, 2.05) is 55.4 Å². The standard InChI is InChI=1S/C27H27NO2/c1-28(2)23-14-9-15-24(19-23)30-27(29)22-16-17-25(20-10-5-3-6-11-20)26(18-22)21-12-7-4-8-13-21/h3-15,19,22H,16-18H2,1-2H3. The van der Waals surface area contributed by atoms with Crippen LogP contribution in [0.3, 0.4) is 0 Å². The van der Waals surface area contributed by atoms with Crippen molar-refractivity contribution in [2.45, 2.75) is 19.3 Å². The second kappa shape index (κ2) is 9.00. The number of carbonyl (C=O) groups excluding carboxylic acids is 1. The first-order chi connectivity index (χ1) is 14.6. The van der Waals surface area contributed by atoms with E-state index >= 15 is 0 Å². The molecule has 0 fully saturated rings. The van der Waals surface area contributed by atoms with Gasteiger partial charge in [0, 0.05) is 25.8 Å². The molecule has 30 heavy (non-hydrogen) atoms. The predicted molar refractivity (Wildman–Crippen MR) is 123 cm³/mol. The average molecular weight is 398 g/mol. The van der Waals surface area contributed by atoms with Crippen LogP contribution in [0.1, 0.15) is 30.4 Å². The van der Waals surface area contributed by atoms with Crippen molar-refractivity contribution in [1.82, 2.24) is 0 Å². The lowest BCUT2D eigenvalue weighted by atomic mass is 9.78. The Hall–Kier alpha value is -3.33. The fourth-order valence-electron chi connectivity index (χ4n) is 4.06. The molecule has 0 N–H and O–H groups in total. The van der Waals surface area contributed by atoms with Gasteiger partial charge in [0.25, 0.3) is 0 Å². The normalized spacial score (nSPS) is 16.3. The number of benzene rings is 3. The summed E-state index contributed by atoms with van der Waals surface area (Å²) in [5, 5.41) is 0. The third kappa shape index (κ3) is 4.46. The van der Waals surface area contributed by atoms with Gasteiger partial charge in [0.2, 0.25) is 0 Å². The van der Waals surface area contributed by atoms with Crippen LogP contribution in [0.4, 0.5) is 5.69 Å². The monoisotopic (exact) mass is 397 g/mol. The van der Waals surface area contributed by atoms with Gasteiger partial charge in [0.15, 0.2) is 0 Å². The molecular formula is C27H27NO2. The molecule has 0 saturated carbocycles. The van der Waals surface area contributed by atoms with E-state index in [9.17, 15) is 4.79 Å². The molecule has 0 heterocycles. The molecule has 1 aliphatic rings. The van der Waals surface area contributed by atoms with Gasteiger partial charge in [-0.3, -0.25) is 4.79 Å². The number of nitrogens with zero attached hydrogens (tertiary/aromatic N) is 1. The van der Waals surface area contributed by atoms with Crippen molar-refractivity contribution in [1.29, 1.82) is 0 Å². The number of allylic oxidation sites excluding steroid dienone is 2. The maximum atomic E-state index is 13.0. The number of hydrogen-bond donors (Lipinski definition) is 0. The fourth-order valence-corrected chi connectivity index (χ4v) is 4.06. The summed E-state index contributed by atoms with van der Waals surface area (Å²) in [6.45, 7) is 0. The zero-order valence-corrected chi connectivity index (χ0v) is 17.5. The second-order valence-corrected chi connectivity index (χ2v) is 7.94. The maximum absolute atomic E-state index is 13.0. The van der Waals surface area contributed by atoms with Crippen LogP contribution in [0, 0.1) is 5.92 Å². The first kappa shape index (κ1) is 20.0. The summed E-state index contributed by atoms with van der Waals surface area (Å²) in [4.78, 5) is 15.0. The molecule has 152 valence electrons. The number of esters is 1. The lowest BCUT2D eigenvalue weighted by molar-refractivity contribution is -0.139. The topological polar surface area (TPSA) is 29.5 Å². The Morgan fingerprint density at radius 2 is 1.47 bits per heavy atom. The minimum Gasteiger partial charge on any atom is -0.426 e. The molecule has 0 radical (unpaired) electrons. The van der Waals surface area contributed by atoms with Crippen LogP contribution in [-0.4, -0.2) is 20.1 Å². The van der Waals surface area contributed by atoms with Gasteiger partial charge < -0.3 is 9.64 Å². The molecular weight excluding hydrogens is 370 g/mol. The van der Waals surface area contributed by atoms with Crippen LogP contribution in [0.25, 0.3) is 11.1 Å². The summed E-state index contributed by atoms with van der Waals surface area (Å²) in [6, 6.07) is 28.6. The van der Waals surface area contributed by atoms with Gasteiger partial charge in [-0.25, -0.2) is 0 Å². The zero-order valence-electron chi connectivity index (χ0n) is 17.5. The summed E-state index contributed by atoms with van der Waals surface area (Å²) in [6.07, 6.45) is 2.36. The van der Waals surface area contributed by atoms with Crippen molar-refractivity contribution < 1.29 is 9.53 Å².